The van der Waals surface area contributed by atoms with Crippen LogP contribution >= 0.6 is 11.8 Å². The maximum Gasteiger partial charge on any atom is 0.353 e. The molecule has 1 aromatic rings. The highest BCUT2D eigenvalue weighted by Crippen LogP contribution is 2.53. The molecular formula is C24H32N8O5S. The summed E-state index contributed by atoms with van der Waals surface area (Å²) in [7, 11) is 0. The summed E-state index contributed by atoms with van der Waals surface area (Å²) in [6.07, 6.45) is 2.17. The normalized spacial score (nSPS) is 34.6. The highest BCUT2D eigenvalue weighted by atomic mass is 32.2. The lowest BCUT2D eigenvalue weighted by atomic mass is 9.73. The highest BCUT2D eigenvalue weighted by Gasteiger charge is 2.60. The number of likely N-dealkylation sites (tertiary alicyclic amines) is 1. The van der Waals surface area contributed by atoms with Crippen molar-refractivity contribution in [2.45, 2.75) is 56.6 Å². The van der Waals surface area contributed by atoms with Crippen molar-refractivity contribution >= 4 is 35.3 Å². The third kappa shape index (κ3) is 4.22. The van der Waals surface area contributed by atoms with Crippen molar-refractivity contribution in [3.8, 4) is 0 Å². The Bertz CT molecular complexity index is 1180. The summed E-state index contributed by atoms with van der Waals surface area (Å²) in [6, 6.07) is -0.139. The minimum atomic E-state index is -1.12. The standard InChI is InChI=1S/C24H32N8O5S/c1-11(3-14(33)8-31-10-27-28-29-31)18-19-12(2)21(20(24(36)37)32(19)23(18)35)38-15-4-16(26-6-15)22(34)30-7-13-5-25-17(13)9-30/h10-13,15-19,25-26H,3-9H2,1-2H3,(H,36,37)/t11-,12+,13?,15-,16-,17?,18+,19+/m0/s1. The molecule has 6 heterocycles. The van der Waals surface area contributed by atoms with E-state index >= 15 is 0 Å². The molecule has 14 heteroatoms. The summed E-state index contributed by atoms with van der Waals surface area (Å²) in [6.45, 7) is 6.99. The molecule has 6 rings (SSSR count). The van der Waals surface area contributed by atoms with E-state index in [2.05, 4.69) is 26.2 Å². The van der Waals surface area contributed by atoms with Gasteiger partial charge in [0.05, 0.1) is 18.0 Å². The average Bonchev–Trinajstić information content (AvgIpc) is 3.62. The molecule has 0 aliphatic carbocycles. The number of Topliss-reactive ketones (excluding diaryl/α,β-unsaturated/α-hetero) is 1. The first-order valence-electron chi connectivity index (χ1n) is 13.2. The van der Waals surface area contributed by atoms with Crippen LogP contribution in [0.25, 0.3) is 0 Å². The number of carbonyl (C=O) groups is 4. The first-order chi connectivity index (χ1) is 18.2. The second-order valence-corrected chi connectivity index (χ2v) is 12.6. The van der Waals surface area contributed by atoms with E-state index in [0.29, 0.717) is 29.8 Å². The van der Waals surface area contributed by atoms with Gasteiger partial charge in [-0.25, -0.2) is 9.48 Å². The third-order valence-electron chi connectivity index (χ3n) is 8.76. The van der Waals surface area contributed by atoms with Gasteiger partial charge in [-0.2, -0.15) is 0 Å². The molecular weight excluding hydrogens is 512 g/mol. The van der Waals surface area contributed by atoms with Crippen LogP contribution in [0.2, 0.25) is 0 Å². The Kier molecular flexibility index (Phi) is 6.51. The molecule has 5 aliphatic rings. The zero-order valence-corrected chi connectivity index (χ0v) is 22.1. The van der Waals surface area contributed by atoms with Crippen molar-refractivity contribution in [3.05, 3.63) is 16.9 Å². The van der Waals surface area contributed by atoms with Gasteiger partial charge in [-0.1, -0.05) is 13.8 Å². The monoisotopic (exact) mass is 544 g/mol. The van der Waals surface area contributed by atoms with Gasteiger partial charge in [0.25, 0.3) is 0 Å². The molecule has 3 N–H and O–H groups in total. The molecule has 13 nitrogen and oxygen atoms in total. The first-order valence-corrected chi connectivity index (χ1v) is 14.1. The van der Waals surface area contributed by atoms with Gasteiger partial charge in [0.1, 0.15) is 18.6 Å². The van der Waals surface area contributed by atoms with E-state index < -0.39 is 11.9 Å². The molecule has 1 aromatic heterocycles. The Morgan fingerprint density at radius 1 is 1.24 bits per heavy atom. The largest absolute Gasteiger partial charge is 0.477 e. The molecule has 2 amide bonds. The van der Waals surface area contributed by atoms with Crippen LogP contribution in [-0.4, -0.2) is 108 Å². The number of tetrazole rings is 1. The van der Waals surface area contributed by atoms with Crippen molar-refractivity contribution in [1.29, 1.82) is 0 Å². The number of hydrogen-bond acceptors (Lipinski definition) is 10. The molecule has 4 saturated heterocycles. The molecule has 204 valence electrons. The van der Waals surface area contributed by atoms with Gasteiger partial charge in [0.15, 0.2) is 5.78 Å². The lowest BCUT2D eigenvalue weighted by Crippen LogP contribution is -2.62. The SMILES string of the molecule is C[C@@H](CC(=O)Cn1cnnn1)[C@H]1C(=O)N2C(C(=O)O)=C(S[C@@H]3CN[C@H](C(=O)N4CC5CNC5C4)C3)[C@H](C)[C@H]12. The number of aliphatic carboxylic acids is 1. The van der Waals surface area contributed by atoms with Crippen LogP contribution < -0.4 is 10.6 Å². The fourth-order valence-electron chi connectivity index (χ4n) is 6.76. The van der Waals surface area contributed by atoms with Gasteiger partial charge >= 0.3 is 5.97 Å². The molecule has 0 bridgehead atoms. The quantitative estimate of drug-likeness (QED) is 0.325. The van der Waals surface area contributed by atoms with Crippen molar-refractivity contribution in [1.82, 2.24) is 40.6 Å². The Morgan fingerprint density at radius 3 is 2.68 bits per heavy atom. The molecule has 38 heavy (non-hydrogen) atoms. The van der Waals surface area contributed by atoms with Crippen LogP contribution in [0, 0.1) is 23.7 Å². The van der Waals surface area contributed by atoms with Crippen LogP contribution in [0.15, 0.2) is 16.9 Å². The van der Waals surface area contributed by atoms with E-state index in [0.717, 1.165) is 19.6 Å². The van der Waals surface area contributed by atoms with E-state index in [9.17, 15) is 24.3 Å². The van der Waals surface area contributed by atoms with E-state index in [1.165, 1.54) is 27.7 Å². The fourth-order valence-corrected chi connectivity index (χ4v) is 8.24. The highest BCUT2D eigenvalue weighted by molar-refractivity contribution is 8.03. The van der Waals surface area contributed by atoms with Gasteiger partial charge in [0.2, 0.25) is 11.8 Å². The number of nitrogens with zero attached hydrogens (tertiary/aromatic N) is 6. The number of carbonyl (C=O) groups excluding carboxylic acids is 3. The number of ketones is 1. The van der Waals surface area contributed by atoms with Crippen molar-refractivity contribution < 1.29 is 24.3 Å². The van der Waals surface area contributed by atoms with Gasteiger partial charge in [-0.05, 0) is 22.8 Å². The second-order valence-electron chi connectivity index (χ2n) is 11.2. The molecule has 0 saturated carbocycles. The fraction of sp³-hybridized carbons (Fsp3) is 0.708. The van der Waals surface area contributed by atoms with Crippen LogP contribution in [-0.2, 0) is 25.7 Å². The minimum absolute atomic E-state index is 0.0335. The summed E-state index contributed by atoms with van der Waals surface area (Å²) in [5.74, 6) is -1.60. The molecule has 8 atom stereocenters. The Balaban J connectivity index is 1.10. The zero-order chi connectivity index (χ0) is 26.7. The lowest BCUT2D eigenvalue weighted by molar-refractivity contribution is -0.160. The average molecular weight is 545 g/mol. The summed E-state index contributed by atoms with van der Waals surface area (Å²) >= 11 is 1.48. The summed E-state index contributed by atoms with van der Waals surface area (Å²) in [5.41, 5.74) is 0.0536. The summed E-state index contributed by atoms with van der Waals surface area (Å²) < 4.78 is 1.35. The molecule has 0 radical (unpaired) electrons. The number of fused-ring (bicyclic) bond motifs is 2. The predicted molar refractivity (Wildman–Crippen MR) is 134 cm³/mol. The van der Waals surface area contributed by atoms with E-state index in [1.807, 2.05) is 18.7 Å². The van der Waals surface area contributed by atoms with E-state index in [4.69, 9.17) is 0 Å². The second kappa shape index (κ2) is 9.72. The number of amides is 2. The molecule has 4 fully saturated rings. The van der Waals surface area contributed by atoms with Gasteiger partial charge in [-0.15, -0.1) is 16.9 Å². The van der Waals surface area contributed by atoms with Gasteiger partial charge in [0, 0.05) is 60.6 Å². The van der Waals surface area contributed by atoms with Crippen molar-refractivity contribution in [3.63, 3.8) is 0 Å². The number of carboxylic acid groups (broad SMARTS) is 1. The molecule has 2 unspecified atom stereocenters. The number of carboxylic acids is 1. The Labute approximate surface area is 223 Å². The lowest BCUT2D eigenvalue weighted by Gasteiger charge is -2.47. The predicted octanol–water partition coefficient (Wildman–Crippen LogP) is -1.06. The smallest absolute Gasteiger partial charge is 0.353 e. The number of β-lactam (4-membered cyclic amide) rings is 1. The summed E-state index contributed by atoms with van der Waals surface area (Å²) in [5, 5.41) is 27.6. The molecule has 5 aliphatic heterocycles. The maximum atomic E-state index is 13.2. The summed E-state index contributed by atoms with van der Waals surface area (Å²) in [4.78, 5) is 55.1. The molecule has 0 aromatic carbocycles. The van der Waals surface area contributed by atoms with Crippen molar-refractivity contribution in [2.24, 2.45) is 23.7 Å². The molecule has 0 spiro atoms. The van der Waals surface area contributed by atoms with E-state index in [-0.39, 0.29) is 65.4 Å². The van der Waals surface area contributed by atoms with Crippen molar-refractivity contribution in [2.75, 3.05) is 26.2 Å². The number of hydrogen-bond donors (Lipinski definition) is 3. The zero-order valence-electron chi connectivity index (χ0n) is 21.3. The number of thioether (sulfide) groups is 1. The number of aromatic nitrogens is 4. The number of rotatable bonds is 9. The van der Waals surface area contributed by atoms with Crippen LogP contribution in [0.5, 0.6) is 0 Å². The minimum Gasteiger partial charge on any atom is -0.477 e. The Hall–Kier alpha value is -2.84. The van der Waals surface area contributed by atoms with Gasteiger partial charge in [-0.3, -0.25) is 14.4 Å². The van der Waals surface area contributed by atoms with Crippen LogP contribution in [0.4, 0.5) is 0 Å². The van der Waals surface area contributed by atoms with E-state index in [1.54, 1.807) is 0 Å². The van der Waals surface area contributed by atoms with Crippen LogP contribution in [0.1, 0.15) is 26.7 Å². The first kappa shape index (κ1) is 25.4. The van der Waals surface area contributed by atoms with Gasteiger partial charge < -0.3 is 25.5 Å². The van der Waals surface area contributed by atoms with Crippen LogP contribution in [0.3, 0.4) is 0 Å². The topological polar surface area (TPSA) is 163 Å². The number of nitrogens with one attached hydrogen (secondary N) is 2. The maximum absolute atomic E-state index is 13.2. The Morgan fingerprint density at radius 2 is 2.05 bits per heavy atom. The third-order valence-corrected chi connectivity index (χ3v) is 10.3.